The zero-order valence-corrected chi connectivity index (χ0v) is 28.0. The number of ether oxygens (including phenoxy) is 1. The van der Waals surface area contributed by atoms with E-state index in [-0.39, 0.29) is 43.3 Å². The number of likely N-dealkylation sites (tertiary alicyclic amines) is 1. The summed E-state index contributed by atoms with van der Waals surface area (Å²) in [5, 5.41) is 13.2. The second kappa shape index (κ2) is 12.6. The molecular weight excluding hydrogens is 622 g/mol. The molecule has 11 heteroatoms. The van der Waals surface area contributed by atoms with Gasteiger partial charge in [-0.1, -0.05) is 48.9 Å². The summed E-state index contributed by atoms with van der Waals surface area (Å²) in [6, 6.07) is 21.4. The van der Waals surface area contributed by atoms with Crippen molar-refractivity contribution in [2.75, 3.05) is 23.4 Å². The second-order valence-electron chi connectivity index (χ2n) is 13.2. The Labute approximate surface area is 275 Å². The van der Waals surface area contributed by atoms with Crippen LogP contribution in [0.15, 0.2) is 72.8 Å². The van der Waals surface area contributed by atoms with Crippen molar-refractivity contribution in [2.24, 2.45) is 5.92 Å². The van der Waals surface area contributed by atoms with E-state index in [1.807, 2.05) is 56.4 Å². The van der Waals surface area contributed by atoms with E-state index in [4.69, 9.17) is 16.3 Å². The SMILES string of the molecule is C[C@@H]1[C@@H]([Si](C)(C)O)[C@H](CC(=O)N2CCC[C@H]2CO)O[C@@]12C(=O)N(Cc1ccc(NC(=O)c3ccccc3)cc1)c1ccc(Cl)cc12. The smallest absolute Gasteiger partial charge is 0.264 e. The molecule has 3 aliphatic rings. The highest BCUT2D eigenvalue weighted by molar-refractivity contribution is 6.71. The summed E-state index contributed by atoms with van der Waals surface area (Å²) in [6.07, 6.45) is 0.908. The Kier molecular flexibility index (Phi) is 8.86. The fourth-order valence-corrected chi connectivity index (χ4v) is 10.4. The minimum atomic E-state index is -2.96. The third-order valence-corrected chi connectivity index (χ3v) is 12.6. The number of benzene rings is 3. The summed E-state index contributed by atoms with van der Waals surface area (Å²) in [7, 11) is -2.96. The number of carbonyl (C=O) groups is 3. The van der Waals surface area contributed by atoms with Crippen LogP contribution in [0, 0.1) is 5.92 Å². The van der Waals surface area contributed by atoms with Crippen LogP contribution < -0.4 is 10.2 Å². The first-order chi connectivity index (χ1) is 21.9. The van der Waals surface area contributed by atoms with Gasteiger partial charge in [0.15, 0.2) is 13.9 Å². The number of fused-ring (bicyclic) bond motifs is 2. The van der Waals surface area contributed by atoms with Crippen LogP contribution in [0.2, 0.25) is 23.7 Å². The number of anilines is 2. The lowest BCUT2D eigenvalue weighted by Gasteiger charge is -2.32. The molecule has 0 aliphatic carbocycles. The van der Waals surface area contributed by atoms with Gasteiger partial charge in [-0.2, -0.15) is 0 Å². The lowest BCUT2D eigenvalue weighted by atomic mass is 9.82. The third-order valence-electron chi connectivity index (χ3n) is 9.82. The molecule has 0 bridgehead atoms. The summed E-state index contributed by atoms with van der Waals surface area (Å²) < 4.78 is 6.79. The summed E-state index contributed by atoms with van der Waals surface area (Å²) in [5.74, 6) is -1.04. The zero-order chi connectivity index (χ0) is 32.8. The van der Waals surface area contributed by atoms with Gasteiger partial charge in [0.2, 0.25) is 5.91 Å². The van der Waals surface area contributed by atoms with Gasteiger partial charge >= 0.3 is 0 Å². The monoisotopic (exact) mass is 661 g/mol. The summed E-state index contributed by atoms with van der Waals surface area (Å²) in [6.45, 7) is 6.31. The number of aliphatic hydroxyl groups excluding tert-OH is 1. The number of halogens is 1. The van der Waals surface area contributed by atoms with Gasteiger partial charge in [-0.15, -0.1) is 0 Å². The molecule has 3 aromatic rings. The number of hydrogen-bond donors (Lipinski definition) is 3. The Bertz CT molecular complexity index is 1630. The van der Waals surface area contributed by atoms with Gasteiger partial charge in [0.1, 0.15) is 0 Å². The van der Waals surface area contributed by atoms with E-state index >= 15 is 0 Å². The van der Waals surface area contributed by atoms with Crippen molar-refractivity contribution in [3.63, 3.8) is 0 Å². The Morgan fingerprint density at radius 3 is 2.48 bits per heavy atom. The van der Waals surface area contributed by atoms with Gasteiger partial charge in [0.05, 0.1) is 37.4 Å². The van der Waals surface area contributed by atoms with Crippen molar-refractivity contribution >= 4 is 49.0 Å². The Balaban J connectivity index is 1.28. The average molecular weight is 662 g/mol. The maximum Gasteiger partial charge on any atom is 0.264 e. The maximum atomic E-state index is 14.6. The zero-order valence-electron chi connectivity index (χ0n) is 26.3. The molecule has 0 saturated carbocycles. The van der Waals surface area contributed by atoms with Gasteiger partial charge in [0, 0.05) is 39.8 Å². The average Bonchev–Trinajstić information content (AvgIpc) is 3.69. The molecule has 3 aliphatic heterocycles. The number of nitrogens with zero attached hydrogens (tertiary/aromatic N) is 2. The fraction of sp³-hybridized carbons (Fsp3) is 0.400. The molecular formula is C35H40ClN3O6Si. The fourth-order valence-electron chi connectivity index (χ4n) is 7.72. The molecule has 9 nitrogen and oxygen atoms in total. The molecule has 1 spiro atoms. The minimum absolute atomic E-state index is 0.0174. The van der Waals surface area contributed by atoms with Gasteiger partial charge in [-0.25, -0.2) is 0 Å². The van der Waals surface area contributed by atoms with E-state index in [1.165, 1.54) is 0 Å². The first-order valence-electron chi connectivity index (χ1n) is 15.8. The Morgan fingerprint density at radius 1 is 1.09 bits per heavy atom. The molecule has 46 heavy (non-hydrogen) atoms. The van der Waals surface area contributed by atoms with Crippen LogP contribution in [0.4, 0.5) is 11.4 Å². The normalized spacial score (nSPS) is 25.7. The lowest BCUT2D eigenvalue weighted by Crippen LogP contribution is -2.46. The Hall–Kier alpha value is -3.54. The summed E-state index contributed by atoms with van der Waals surface area (Å²) in [5.41, 5.74) is 1.51. The van der Waals surface area contributed by atoms with Crippen LogP contribution in [0.5, 0.6) is 0 Å². The second-order valence-corrected chi connectivity index (χ2v) is 17.6. The summed E-state index contributed by atoms with van der Waals surface area (Å²) in [4.78, 5) is 55.7. The number of carbonyl (C=O) groups excluding carboxylic acids is 3. The van der Waals surface area contributed by atoms with Crippen molar-refractivity contribution in [3.05, 3.63) is 94.5 Å². The third kappa shape index (κ3) is 5.77. The van der Waals surface area contributed by atoms with Crippen LogP contribution in [-0.2, 0) is 26.5 Å². The number of amides is 3. The highest BCUT2D eigenvalue weighted by Crippen LogP contribution is 2.60. The predicted molar refractivity (Wildman–Crippen MR) is 179 cm³/mol. The highest BCUT2D eigenvalue weighted by atomic mass is 35.5. The highest BCUT2D eigenvalue weighted by Gasteiger charge is 2.66. The van der Waals surface area contributed by atoms with Gasteiger partial charge in [-0.05, 0) is 74.0 Å². The van der Waals surface area contributed by atoms with E-state index in [1.54, 1.807) is 46.2 Å². The van der Waals surface area contributed by atoms with E-state index in [2.05, 4.69) is 5.32 Å². The topological polar surface area (TPSA) is 119 Å². The number of hydrogen-bond acceptors (Lipinski definition) is 6. The van der Waals surface area contributed by atoms with Crippen LogP contribution in [0.25, 0.3) is 0 Å². The van der Waals surface area contributed by atoms with E-state index in [0.717, 1.165) is 18.4 Å². The van der Waals surface area contributed by atoms with Crippen molar-refractivity contribution < 1.29 is 29.0 Å². The number of rotatable bonds is 8. The van der Waals surface area contributed by atoms with Crippen LogP contribution in [-0.4, -0.2) is 66.1 Å². The number of aliphatic hydroxyl groups is 1. The quantitative estimate of drug-likeness (QED) is 0.282. The van der Waals surface area contributed by atoms with E-state index in [9.17, 15) is 24.3 Å². The van der Waals surface area contributed by atoms with Crippen molar-refractivity contribution in [3.8, 4) is 0 Å². The van der Waals surface area contributed by atoms with Gasteiger partial charge < -0.3 is 29.8 Å². The van der Waals surface area contributed by atoms with Gasteiger partial charge in [0.25, 0.3) is 11.8 Å². The lowest BCUT2D eigenvalue weighted by molar-refractivity contribution is -0.150. The molecule has 3 heterocycles. The van der Waals surface area contributed by atoms with Crippen LogP contribution in [0.1, 0.15) is 47.7 Å². The minimum Gasteiger partial charge on any atom is -0.432 e. The van der Waals surface area contributed by atoms with Crippen molar-refractivity contribution in [1.29, 1.82) is 0 Å². The van der Waals surface area contributed by atoms with Crippen LogP contribution >= 0.6 is 11.6 Å². The predicted octanol–water partition coefficient (Wildman–Crippen LogP) is 5.31. The standard InChI is InChI=1S/C35H40ClN3O6Si/c1-22-32(46(2,3)44)30(19-31(41)38-17-7-10-27(38)21-40)45-35(22)28-18-25(36)13-16-29(28)39(34(35)43)20-23-11-14-26(15-12-23)37-33(42)24-8-5-4-6-9-24/h4-6,8-9,11-16,18,22,27,30,32,40,44H,7,10,17,19-21H2,1-3H3,(H,37,42)/t22-,27+,30+,32-,35+/m1/s1. The molecule has 242 valence electrons. The largest absolute Gasteiger partial charge is 0.432 e. The number of nitrogens with one attached hydrogen (secondary N) is 1. The maximum absolute atomic E-state index is 14.6. The van der Waals surface area contributed by atoms with E-state index < -0.39 is 31.5 Å². The summed E-state index contributed by atoms with van der Waals surface area (Å²) >= 11 is 6.51. The van der Waals surface area contributed by atoms with Gasteiger partial charge in [-0.3, -0.25) is 14.4 Å². The molecule has 3 amide bonds. The molecule has 5 atom stereocenters. The molecule has 3 aromatic carbocycles. The first kappa shape index (κ1) is 32.4. The molecule has 6 rings (SSSR count). The molecule has 2 fully saturated rings. The van der Waals surface area contributed by atoms with Crippen LogP contribution in [0.3, 0.4) is 0 Å². The molecule has 0 aromatic heterocycles. The molecule has 3 N–H and O–H groups in total. The molecule has 0 unspecified atom stereocenters. The first-order valence-corrected chi connectivity index (χ1v) is 19.2. The van der Waals surface area contributed by atoms with Crippen molar-refractivity contribution in [2.45, 2.75) is 69.1 Å². The molecule has 2 saturated heterocycles. The molecule has 0 radical (unpaired) electrons. The van der Waals surface area contributed by atoms with E-state index in [0.29, 0.717) is 34.1 Å². The van der Waals surface area contributed by atoms with Crippen molar-refractivity contribution in [1.82, 2.24) is 4.90 Å². The Morgan fingerprint density at radius 2 is 1.80 bits per heavy atom.